The van der Waals surface area contributed by atoms with Crippen LogP contribution in [0.4, 0.5) is 0 Å². The van der Waals surface area contributed by atoms with E-state index in [4.69, 9.17) is 0 Å². The third kappa shape index (κ3) is 1.94. The summed E-state index contributed by atoms with van der Waals surface area (Å²) < 4.78 is 1.00. The zero-order valence-electron chi connectivity index (χ0n) is 6.19. The molecule has 0 saturated carbocycles. The van der Waals surface area contributed by atoms with Gasteiger partial charge in [0.25, 0.3) is 0 Å². The number of alkyl halides is 1. The Kier molecular flexibility index (Phi) is 2.65. The van der Waals surface area contributed by atoms with Gasteiger partial charge in [0.2, 0.25) is 0 Å². The topological polar surface area (TPSA) is 12.9 Å². The summed E-state index contributed by atoms with van der Waals surface area (Å²) in [7, 11) is 0. The maximum absolute atomic E-state index is 4.34. The maximum atomic E-state index is 4.34. The molecule has 1 heterocycles. The molecule has 0 amide bonds. The van der Waals surface area contributed by atoms with E-state index < -0.39 is 0 Å². The van der Waals surface area contributed by atoms with Crippen molar-refractivity contribution in [3.05, 3.63) is 29.1 Å². The summed E-state index contributed by atoms with van der Waals surface area (Å²) in [5.41, 5.74) is 3.60. The van der Waals surface area contributed by atoms with Gasteiger partial charge < -0.3 is 0 Å². The molecule has 1 nitrogen and oxygen atoms in total. The van der Waals surface area contributed by atoms with Gasteiger partial charge in [-0.05, 0) is 31.5 Å². The van der Waals surface area contributed by atoms with E-state index in [0.717, 1.165) is 10.1 Å². The van der Waals surface area contributed by atoms with Gasteiger partial charge in [-0.25, -0.2) is 0 Å². The normalized spacial score (nSPS) is 9.90. The zero-order valence-corrected chi connectivity index (χ0v) is 8.34. The molecule has 1 aromatic rings. The third-order valence-electron chi connectivity index (χ3n) is 1.29. The average Bonchev–Trinajstić information content (AvgIpc) is 1.85. The lowest BCUT2D eigenvalue weighted by molar-refractivity contribution is 1.10. The van der Waals surface area contributed by atoms with Crippen molar-refractivity contribution in [3.63, 3.8) is 0 Å². The number of aromatic nitrogens is 1. The number of halogens is 1. The van der Waals surface area contributed by atoms with E-state index >= 15 is 0 Å². The molecule has 0 aliphatic rings. The van der Waals surface area contributed by atoms with Crippen LogP contribution in [0.15, 0.2) is 12.1 Å². The molecule has 0 radical (unpaired) electrons. The molecule has 0 fully saturated rings. The first kappa shape index (κ1) is 7.98. The van der Waals surface area contributed by atoms with Gasteiger partial charge in [-0.15, -0.1) is 0 Å². The number of rotatable bonds is 1. The van der Waals surface area contributed by atoms with E-state index in [1.807, 2.05) is 6.92 Å². The lowest BCUT2D eigenvalue weighted by Gasteiger charge is -1.98. The minimum Gasteiger partial charge on any atom is -0.257 e. The van der Waals surface area contributed by atoms with Gasteiger partial charge in [0.1, 0.15) is 0 Å². The first-order valence-corrected chi connectivity index (χ1v) is 4.75. The van der Waals surface area contributed by atoms with Gasteiger partial charge in [0.15, 0.2) is 0 Å². The summed E-state index contributed by atoms with van der Waals surface area (Å²) >= 11 is 2.32. The Labute approximate surface area is 75.0 Å². The van der Waals surface area contributed by atoms with Crippen LogP contribution in [0.3, 0.4) is 0 Å². The summed E-state index contributed by atoms with van der Waals surface area (Å²) in [6.07, 6.45) is 0. The molecule has 0 N–H and O–H groups in total. The van der Waals surface area contributed by atoms with Gasteiger partial charge in [-0.3, -0.25) is 4.98 Å². The van der Waals surface area contributed by atoms with E-state index in [-0.39, 0.29) is 0 Å². The predicted molar refractivity (Wildman–Crippen MR) is 51.4 cm³/mol. The molecule has 0 atom stereocenters. The maximum Gasteiger partial charge on any atom is 0.0506 e. The van der Waals surface area contributed by atoms with Gasteiger partial charge in [-0.1, -0.05) is 22.6 Å². The van der Waals surface area contributed by atoms with Crippen LogP contribution in [0.2, 0.25) is 0 Å². The van der Waals surface area contributed by atoms with Crippen molar-refractivity contribution in [2.24, 2.45) is 0 Å². The van der Waals surface area contributed by atoms with Crippen LogP contribution < -0.4 is 0 Å². The highest BCUT2D eigenvalue weighted by Gasteiger charge is 1.93. The molecule has 0 unspecified atom stereocenters. The molecule has 54 valence electrons. The molecular weight excluding hydrogens is 237 g/mol. The third-order valence-corrected chi connectivity index (χ3v) is 2.07. The Morgan fingerprint density at radius 3 is 2.60 bits per heavy atom. The summed E-state index contributed by atoms with van der Waals surface area (Å²) in [5, 5.41) is 0. The summed E-state index contributed by atoms with van der Waals surface area (Å²) in [6.45, 7) is 4.13. The lowest BCUT2D eigenvalue weighted by atomic mass is 10.2. The fraction of sp³-hybridized carbons (Fsp3) is 0.375. The van der Waals surface area contributed by atoms with Gasteiger partial charge in [0.05, 0.1) is 5.69 Å². The van der Waals surface area contributed by atoms with E-state index in [2.05, 4.69) is 46.6 Å². The Balaban J connectivity index is 3.06. The van der Waals surface area contributed by atoms with E-state index in [0.29, 0.717) is 0 Å². The minimum atomic E-state index is 1.00. The molecule has 0 bridgehead atoms. The Morgan fingerprint density at radius 2 is 2.10 bits per heavy atom. The van der Waals surface area contributed by atoms with Crippen molar-refractivity contribution < 1.29 is 0 Å². The standard InChI is InChI=1S/C8H10IN/c1-6-3-7(2)10-8(4-6)5-9/h3-4H,5H2,1-2H3. The molecule has 1 aromatic heterocycles. The predicted octanol–water partition coefficient (Wildman–Crippen LogP) is 2.63. The molecule has 0 spiro atoms. The molecule has 0 aliphatic carbocycles. The highest BCUT2D eigenvalue weighted by Crippen LogP contribution is 2.07. The number of aryl methyl sites for hydroxylation is 2. The first-order valence-electron chi connectivity index (χ1n) is 3.22. The van der Waals surface area contributed by atoms with Crippen LogP contribution in [0.1, 0.15) is 17.0 Å². The van der Waals surface area contributed by atoms with Crippen LogP contribution in [-0.2, 0) is 4.43 Å². The second kappa shape index (κ2) is 3.32. The fourth-order valence-electron chi connectivity index (χ4n) is 0.993. The van der Waals surface area contributed by atoms with Crippen LogP contribution in [0.5, 0.6) is 0 Å². The van der Waals surface area contributed by atoms with E-state index in [1.54, 1.807) is 0 Å². The van der Waals surface area contributed by atoms with Crippen molar-refractivity contribution in [1.29, 1.82) is 0 Å². The largest absolute Gasteiger partial charge is 0.257 e. The van der Waals surface area contributed by atoms with Crippen LogP contribution in [0.25, 0.3) is 0 Å². The molecule has 0 aromatic carbocycles. The Hall–Kier alpha value is -0.120. The van der Waals surface area contributed by atoms with Gasteiger partial charge in [-0.2, -0.15) is 0 Å². The molecule has 1 rings (SSSR count). The monoisotopic (exact) mass is 247 g/mol. The molecule has 0 saturated heterocycles. The number of pyridine rings is 1. The van der Waals surface area contributed by atoms with Crippen molar-refractivity contribution >= 4 is 22.6 Å². The number of nitrogens with zero attached hydrogens (tertiary/aromatic N) is 1. The SMILES string of the molecule is Cc1cc(C)nc(CI)c1. The second-order valence-electron chi connectivity index (χ2n) is 2.41. The smallest absolute Gasteiger partial charge is 0.0506 e. The number of hydrogen-bond donors (Lipinski definition) is 0. The lowest BCUT2D eigenvalue weighted by Crippen LogP contribution is -1.89. The Morgan fingerprint density at radius 1 is 1.40 bits per heavy atom. The summed E-state index contributed by atoms with van der Waals surface area (Å²) in [5.74, 6) is 0. The van der Waals surface area contributed by atoms with E-state index in [1.165, 1.54) is 11.3 Å². The summed E-state index contributed by atoms with van der Waals surface area (Å²) in [4.78, 5) is 4.34. The minimum absolute atomic E-state index is 1.00. The molecule has 2 heteroatoms. The molecule has 0 aliphatic heterocycles. The fourth-order valence-corrected chi connectivity index (χ4v) is 1.38. The quantitative estimate of drug-likeness (QED) is 0.549. The zero-order chi connectivity index (χ0) is 7.56. The van der Waals surface area contributed by atoms with Crippen molar-refractivity contribution in [2.75, 3.05) is 0 Å². The van der Waals surface area contributed by atoms with E-state index in [9.17, 15) is 0 Å². The highest BCUT2D eigenvalue weighted by atomic mass is 127. The molecular formula is C8H10IN. The Bertz CT molecular complexity index is 212. The van der Waals surface area contributed by atoms with Crippen LogP contribution in [-0.4, -0.2) is 4.98 Å². The average molecular weight is 247 g/mol. The number of hydrogen-bond acceptors (Lipinski definition) is 1. The van der Waals surface area contributed by atoms with Crippen LogP contribution in [0, 0.1) is 13.8 Å². The highest BCUT2D eigenvalue weighted by molar-refractivity contribution is 14.1. The van der Waals surface area contributed by atoms with Crippen LogP contribution >= 0.6 is 22.6 Å². The van der Waals surface area contributed by atoms with Gasteiger partial charge >= 0.3 is 0 Å². The summed E-state index contributed by atoms with van der Waals surface area (Å²) in [6, 6.07) is 4.22. The van der Waals surface area contributed by atoms with Crippen molar-refractivity contribution in [1.82, 2.24) is 4.98 Å². The second-order valence-corrected chi connectivity index (χ2v) is 3.17. The van der Waals surface area contributed by atoms with Gasteiger partial charge in [0, 0.05) is 10.1 Å². The van der Waals surface area contributed by atoms with Crippen molar-refractivity contribution in [3.8, 4) is 0 Å². The van der Waals surface area contributed by atoms with Crippen molar-refractivity contribution in [2.45, 2.75) is 18.3 Å². The first-order chi connectivity index (χ1) is 4.72. The molecule has 10 heavy (non-hydrogen) atoms.